The van der Waals surface area contributed by atoms with Crippen molar-refractivity contribution < 1.29 is 4.43 Å². The molecule has 1 fully saturated rings. The summed E-state index contributed by atoms with van der Waals surface area (Å²) in [5.41, 5.74) is 0. The molecule has 1 heterocycles. The van der Waals surface area contributed by atoms with Crippen molar-refractivity contribution >= 4 is 26.1 Å². The molecule has 0 aliphatic carbocycles. The highest BCUT2D eigenvalue weighted by Gasteiger charge is 2.14. The lowest BCUT2D eigenvalue weighted by Crippen LogP contribution is -2.35. The summed E-state index contributed by atoms with van der Waals surface area (Å²) in [4.78, 5) is 0. The van der Waals surface area contributed by atoms with Crippen LogP contribution in [0.2, 0.25) is 12.1 Å². The summed E-state index contributed by atoms with van der Waals surface area (Å²) in [7, 11) is 0.370. The summed E-state index contributed by atoms with van der Waals surface area (Å²) in [6, 6.07) is 3.04. The Morgan fingerprint density at radius 2 is 2.60 bits per heavy atom. The van der Waals surface area contributed by atoms with Gasteiger partial charge in [-0.3, -0.25) is 0 Å². The molecule has 1 nitrogen and oxygen atoms in total. The molecular formula is C6H16OSi3. The van der Waals surface area contributed by atoms with Gasteiger partial charge in [0.1, 0.15) is 9.28 Å². The van der Waals surface area contributed by atoms with Crippen LogP contribution in [0.4, 0.5) is 0 Å². The largest absolute Gasteiger partial charge is 0.428 e. The second-order valence-corrected chi connectivity index (χ2v) is 18.8. The van der Waals surface area contributed by atoms with Gasteiger partial charge in [-0.15, -0.1) is 6.58 Å². The van der Waals surface area contributed by atoms with Crippen LogP contribution in [-0.2, 0) is 4.43 Å². The van der Waals surface area contributed by atoms with Gasteiger partial charge in [0.05, 0.1) is 0 Å². The molecule has 0 amide bonds. The van der Waals surface area contributed by atoms with Crippen LogP contribution < -0.4 is 0 Å². The van der Waals surface area contributed by atoms with E-state index in [0.717, 1.165) is 6.61 Å². The van der Waals surface area contributed by atoms with E-state index < -0.39 is 0 Å². The molecule has 1 saturated heterocycles. The highest BCUT2D eigenvalue weighted by atomic mass is 29.5. The third-order valence-electron chi connectivity index (χ3n) is 2.12. The predicted octanol–water partition coefficient (Wildman–Crippen LogP) is -0.516. The maximum absolute atomic E-state index is 5.49. The van der Waals surface area contributed by atoms with E-state index in [0.29, 0.717) is 8.55 Å². The second kappa shape index (κ2) is 5.06. The quantitative estimate of drug-likeness (QED) is 0.428. The summed E-state index contributed by atoms with van der Waals surface area (Å²) >= 11 is 0. The minimum Gasteiger partial charge on any atom is -0.428 e. The van der Waals surface area contributed by atoms with Crippen LogP contribution in [0.5, 0.6) is 0 Å². The van der Waals surface area contributed by atoms with E-state index in [4.69, 9.17) is 4.43 Å². The van der Waals surface area contributed by atoms with E-state index >= 15 is 0 Å². The fourth-order valence-corrected chi connectivity index (χ4v) is 19.4. The number of hydrogen-bond acceptors (Lipinski definition) is 1. The molecule has 0 N–H and O–H groups in total. The van der Waals surface area contributed by atoms with Crippen LogP contribution in [0.1, 0.15) is 6.42 Å². The van der Waals surface area contributed by atoms with E-state index in [1.54, 1.807) is 6.04 Å². The molecule has 1 unspecified atom stereocenters. The van der Waals surface area contributed by atoms with Crippen LogP contribution in [0.3, 0.4) is 0 Å². The molecule has 0 saturated carbocycles. The first-order chi connectivity index (χ1) is 4.93. The van der Waals surface area contributed by atoms with Crippen molar-refractivity contribution in [3.05, 3.63) is 12.7 Å². The average molecular weight is 188 g/mol. The molecule has 10 heavy (non-hydrogen) atoms. The maximum atomic E-state index is 5.49. The molecule has 4 heteroatoms. The second-order valence-electron chi connectivity index (χ2n) is 2.92. The van der Waals surface area contributed by atoms with Gasteiger partial charge in [0.25, 0.3) is 0 Å². The number of hydrogen-bond donors (Lipinski definition) is 0. The van der Waals surface area contributed by atoms with Crippen molar-refractivity contribution in [3.63, 3.8) is 0 Å². The van der Waals surface area contributed by atoms with E-state index in [1.807, 2.05) is 0 Å². The van der Waals surface area contributed by atoms with Crippen LogP contribution in [0, 0.1) is 0 Å². The van der Waals surface area contributed by atoms with Crippen molar-refractivity contribution in [2.75, 3.05) is 6.61 Å². The van der Waals surface area contributed by atoms with Crippen LogP contribution >= 0.6 is 0 Å². The van der Waals surface area contributed by atoms with Crippen molar-refractivity contribution in [2.45, 2.75) is 18.5 Å². The third-order valence-corrected chi connectivity index (χ3v) is 21.9. The summed E-state index contributed by atoms with van der Waals surface area (Å²) in [6.07, 6.45) is 3.37. The lowest BCUT2D eigenvalue weighted by atomic mass is 10.5. The number of rotatable bonds is 3. The van der Waals surface area contributed by atoms with Gasteiger partial charge in [0.15, 0.2) is 0 Å². The highest BCUT2D eigenvalue weighted by Crippen LogP contribution is 2.05. The predicted molar refractivity (Wildman–Crippen MR) is 54.6 cm³/mol. The van der Waals surface area contributed by atoms with Crippen molar-refractivity contribution in [1.82, 2.24) is 0 Å². The molecule has 0 radical (unpaired) electrons. The molecule has 0 aromatic rings. The molecule has 0 aromatic heterocycles. The lowest BCUT2D eigenvalue weighted by molar-refractivity contribution is 0.366. The highest BCUT2D eigenvalue weighted by molar-refractivity contribution is 7.35. The minimum atomic E-state index is -0.139. The van der Waals surface area contributed by atoms with Gasteiger partial charge in [0.2, 0.25) is 0 Å². The van der Waals surface area contributed by atoms with Crippen molar-refractivity contribution in [2.24, 2.45) is 0 Å². The van der Waals surface area contributed by atoms with Crippen LogP contribution in [0.25, 0.3) is 0 Å². The van der Waals surface area contributed by atoms with Gasteiger partial charge in [-0.2, -0.15) is 0 Å². The molecule has 0 spiro atoms. The first-order valence-corrected chi connectivity index (χ1v) is 13.6. The van der Waals surface area contributed by atoms with Crippen molar-refractivity contribution in [3.8, 4) is 0 Å². The molecule has 1 atom stereocenters. The first-order valence-electron chi connectivity index (χ1n) is 4.12. The molecule has 58 valence electrons. The Morgan fingerprint density at radius 1 is 1.70 bits per heavy atom. The molecule has 1 rings (SSSR count). The standard InChI is InChI=1S/C6H16OSi3/c1-2-3-5-10-6-4-7-8-9-10/h2,10H,1,3-6,8-9H2. The maximum Gasteiger partial charge on any atom is 0.140 e. The molecule has 0 bridgehead atoms. The summed E-state index contributed by atoms with van der Waals surface area (Å²) in [6.45, 7) is 4.90. The third kappa shape index (κ3) is 2.96. The van der Waals surface area contributed by atoms with Gasteiger partial charge in [0, 0.05) is 23.5 Å². The zero-order valence-corrected chi connectivity index (χ0v) is 10.5. The minimum absolute atomic E-state index is 0.0994. The fourth-order valence-electron chi connectivity index (χ4n) is 1.39. The Hall–Kier alpha value is 0.351. The van der Waals surface area contributed by atoms with Crippen LogP contribution in [0.15, 0.2) is 12.7 Å². The molecule has 1 aliphatic rings. The number of allylic oxidation sites excluding steroid dienone is 1. The SMILES string of the molecule is C=CCC[SiH]1CCO[SiH2][SiH2]1. The molecule has 0 aromatic carbocycles. The van der Waals surface area contributed by atoms with Gasteiger partial charge >= 0.3 is 0 Å². The van der Waals surface area contributed by atoms with Crippen LogP contribution in [-0.4, -0.2) is 32.8 Å². The topological polar surface area (TPSA) is 9.23 Å². The lowest BCUT2D eigenvalue weighted by Gasteiger charge is -2.18. The summed E-state index contributed by atoms with van der Waals surface area (Å²) in [5, 5.41) is 0. The molecular weight excluding hydrogens is 172 g/mol. The first kappa shape index (κ1) is 8.45. The Bertz CT molecular complexity index is 101. The summed E-state index contributed by atoms with van der Waals surface area (Å²) < 4.78 is 5.49. The van der Waals surface area contributed by atoms with Gasteiger partial charge < -0.3 is 4.43 Å². The monoisotopic (exact) mass is 188 g/mol. The average Bonchev–Trinajstić information content (AvgIpc) is 2.03. The zero-order valence-electron chi connectivity index (χ0n) is 6.51. The van der Waals surface area contributed by atoms with Gasteiger partial charge in [-0.1, -0.05) is 12.1 Å². The van der Waals surface area contributed by atoms with Crippen molar-refractivity contribution in [1.29, 1.82) is 0 Å². The smallest absolute Gasteiger partial charge is 0.140 e. The van der Waals surface area contributed by atoms with E-state index in [-0.39, 0.29) is 17.6 Å². The Morgan fingerprint density at radius 3 is 3.20 bits per heavy atom. The van der Waals surface area contributed by atoms with E-state index in [9.17, 15) is 0 Å². The Labute approximate surface area is 68.8 Å². The van der Waals surface area contributed by atoms with E-state index in [1.165, 1.54) is 12.5 Å². The fraction of sp³-hybridized carbons (Fsp3) is 0.667. The zero-order chi connectivity index (χ0) is 7.23. The summed E-state index contributed by atoms with van der Waals surface area (Å²) in [5.74, 6) is 0. The Balaban J connectivity index is 2.07. The molecule has 1 aliphatic heterocycles. The normalized spacial score (nSPS) is 31.0. The Kier molecular flexibility index (Phi) is 4.28. The van der Waals surface area contributed by atoms with Gasteiger partial charge in [-0.05, 0) is 12.5 Å². The van der Waals surface area contributed by atoms with Gasteiger partial charge in [-0.25, -0.2) is 0 Å². The van der Waals surface area contributed by atoms with E-state index in [2.05, 4.69) is 12.7 Å².